The molecule has 2 aromatic heterocycles. The molecule has 1 amide bonds. The number of rotatable bonds is 4. The molecule has 0 unspecified atom stereocenters. The van der Waals surface area contributed by atoms with Crippen molar-refractivity contribution in [3.8, 4) is 21.9 Å². The number of hydrogen-bond acceptors (Lipinski definition) is 5. The van der Waals surface area contributed by atoms with Crippen LogP contribution in [0.2, 0.25) is 0 Å². The van der Waals surface area contributed by atoms with Crippen LogP contribution in [0.5, 0.6) is 11.5 Å². The number of thiophene rings is 1. The van der Waals surface area contributed by atoms with E-state index in [1.54, 1.807) is 0 Å². The molecule has 0 saturated carbocycles. The second kappa shape index (κ2) is 7.17. The van der Waals surface area contributed by atoms with Gasteiger partial charge in [-0.3, -0.25) is 9.78 Å². The Morgan fingerprint density at radius 3 is 2.81 bits per heavy atom. The van der Waals surface area contributed by atoms with Crippen LogP contribution in [0.3, 0.4) is 0 Å². The lowest BCUT2D eigenvalue weighted by Gasteiger charge is -2.18. The van der Waals surface area contributed by atoms with Crippen LogP contribution in [-0.4, -0.2) is 24.1 Å². The lowest BCUT2D eigenvalue weighted by molar-refractivity contribution is 0.0954. The molecule has 132 valence electrons. The largest absolute Gasteiger partial charge is 0.486 e. The van der Waals surface area contributed by atoms with E-state index in [0.29, 0.717) is 24.6 Å². The summed E-state index contributed by atoms with van der Waals surface area (Å²) < 4.78 is 11.2. The van der Waals surface area contributed by atoms with E-state index in [2.05, 4.69) is 10.3 Å². The van der Waals surface area contributed by atoms with Gasteiger partial charge in [0.2, 0.25) is 0 Å². The van der Waals surface area contributed by atoms with Gasteiger partial charge in [-0.1, -0.05) is 6.07 Å². The number of hydrogen-bond donors (Lipinski definition) is 1. The number of pyridine rings is 1. The molecule has 6 heteroatoms. The molecule has 1 N–H and O–H groups in total. The predicted molar refractivity (Wildman–Crippen MR) is 101 cm³/mol. The summed E-state index contributed by atoms with van der Waals surface area (Å²) in [7, 11) is 0. The van der Waals surface area contributed by atoms with Gasteiger partial charge in [0, 0.05) is 10.6 Å². The van der Waals surface area contributed by atoms with Crippen molar-refractivity contribution in [2.45, 2.75) is 13.5 Å². The van der Waals surface area contributed by atoms with E-state index >= 15 is 0 Å². The number of fused-ring (bicyclic) bond motifs is 1. The van der Waals surface area contributed by atoms with Crippen LogP contribution in [0, 0.1) is 6.92 Å². The molecule has 1 aliphatic heterocycles. The first-order chi connectivity index (χ1) is 12.7. The second-order valence-corrected chi connectivity index (χ2v) is 7.06. The molecular weight excluding hydrogens is 348 g/mol. The maximum absolute atomic E-state index is 12.4. The van der Waals surface area contributed by atoms with Crippen molar-refractivity contribution in [1.29, 1.82) is 0 Å². The first kappa shape index (κ1) is 16.6. The van der Waals surface area contributed by atoms with Gasteiger partial charge in [-0.25, -0.2) is 0 Å². The number of carbonyl (C=O) groups excluding carboxylic acids is 1. The number of aromatic nitrogens is 1. The smallest absolute Gasteiger partial charge is 0.261 e. The summed E-state index contributed by atoms with van der Waals surface area (Å²) in [6.45, 7) is 3.48. The van der Waals surface area contributed by atoms with Gasteiger partial charge in [0.1, 0.15) is 13.2 Å². The fourth-order valence-electron chi connectivity index (χ4n) is 2.77. The first-order valence-corrected chi connectivity index (χ1v) is 9.21. The first-order valence-electron chi connectivity index (χ1n) is 8.40. The van der Waals surface area contributed by atoms with Crippen molar-refractivity contribution in [2.75, 3.05) is 13.2 Å². The Labute approximate surface area is 155 Å². The number of amides is 1. The van der Waals surface area contributed by atoms with Crippen molar-refractivity contribution in [2.24, 2.45) is 0 Å². The van der Waals surface area contributed by atoms with Gasteiger partial charge in [0.25, 0.3) is 5.91 Å². The molecule has 1 aliphatic rings. The van der Waals surface area contributed by atoms with Crippen LogP contribution in [-0.2, 0) is 6.54 Å². The molecular formula is C20H18N2O3S. The van der Waals surface area contributed by atoms with Gasteiger partial charge in [-0.15, -0.1) is 11.3 Å². The Balaban J connectivity index is 1.46. The molecule has 5 nitrogen and oxygen atoms in total. The van der Waals surface area contributed by atoms with Gasteiger partial charge < -0.3 is 14.8 Å². The molecule has 1 aromatic carbocycles. The third-order valence-electron chi connectivity index (χ3n) is 4.03. The maximum atomic E-state index is 12.4. The Kier molecular flexibility index (Phi) is 4.58. The summed E-state index contributed by atoms with van der Waals surface area (Å²) in [5.74, 6) is 1.42. The molecule has 3 heterocycles. The van der Waals surface area contributed by atoms with E-state index in [0.717, 1.165) is 33.3 Å². The van der Waals surface area contributed by atoms with Gasteiger partial charge in [-0.2, -0.15) is 0 Å². The number of nitrogens with zero attached hydrogens (tertiary/aromatic N) is 1. The predicted octanol–water partition coefficient (Wildman–Crippen LogP) is 3.82. The Morgan fingerprint density at radius 2 is 1.96 bits per heavy atom. The second-order valence-electron chi connectivity index (χ2n) is 5.98. The quantitative estimate of drug-likeness (QED) is 0.763. The molecule has 0 bridgehead atoms. The number of carbonyl (C=O) groups is 1. The molecule has 0 spiro atoms. The third kappa shape index (κ3) is 3.55. The van der Waals surface area contributed by atoms with Crippen molar-refractivity contribution in [3.05, 3.63) is 64.8 Å². The highest BCUT2D eigenvalue weighted by Gasteiger charge is 2.15. The minimum atomic E-state index is -0.0953. The number of aryl methyl sites for hydroxylation is 1. The van der Waals surface area contributed by atoms with Crippen LogP contribution in [0.1, 0.15) is 21.1 Å². The number of nitrogens with one attached hydrogen (secondary N) is 1. The van der Waals surface area contributed by atoms with E-state index in [4.69, 9.17) is 9.47 Å². The monoisotopic (exact) mass is 366 g/mol. The van der Waals surface area contributed by atoms with Crippen molar-refractivity contribution in [3.63, 3.8) is 0 Å². The van der Waals surface area contributed by atoms with Gasteiger partial charge in [0.15, 0.2) is 11.5 Å². The summed E-state index contributed by atoms with van der Waals surface area (Å²) in [6.07, 6.45) is 0. The van der Waals surface area contributed by atoms with E-state index in [1.807, 2.05) is 55.5 Å². The van der Waals surface area contributed by atoms with Crippen molar-refractivity contribution < 1.29 is 14.3 Å². The summed E-state index contributed by atoms with van der Waals surface area (Å²) in [5, 5.41) is 2.92. The topological polar surface area (TPSA) is 60.5 Å². The van der Waals surface area contributed by atoms with Crippen LogP contribution in [0.25, 0.3) is 10.4 Å². The lowest BCUT2D eigenvalue weighted by atomic mass is 10.1. The fourth-order valence-corrected chi connectivity index (χ4v) is 3.69. The Morgan fingerprint density at radius 1 is 1.12 bits per heavy atom. The molecule has 0 saturated heterocycles. The van der Waals surface area contributed by atoms with Crippen LogP contribution >= 0.6 is 11.3 Å². The summed E-state index contributed by atoms with van der Waals surface area (Å²) in [4.78, 5) is 18.5. The van der Waals surface area contributed by atoms with Crippen molar-refractivity contribution >= 4 is 17.2 Å². The Bertz CT molecular complexity index is 952. The van der Waals surface area contributed by atoms with Gasteiger partial charge >= 0.3 is 0 Å². The number of ether oxygens (including phenoxy) is 2. The molecule has 0 radical (unpaired) electrons. The van der Waals surface area contributed by atoms with Gasteiger partial charge in [-0.05, 0) is 55.0 Å². The van der Waals surface area contributed by atoms with E-state index in [-0.39, 0.29) is 5.91 Å². The zero-order valence-corrected chi connectivity index (χ0v) is 15.1. The number of benzene rings is 1. The molecule has 3 aromatic rings. The lowest BCUT2D eigenvalue weighted by Crippen LogP contribution is -2.22. The minimum Gasteiger partial charge on any atom is -0.486 e. The highest BCUT2D eigenvalue weighted by atomic mass is 32.1. The highest BCUT2D eigenvalue weighted by Crippen LogP contribution is 2.36. The average molecular weight is 366 g/mol. The average Bonchev–Trinajstić information content (AvgIpc) is 3.16. The Hall–Kier alpha value is -2.86. The van der Waals surface area contributed by atoms with E-state index in [1.165, 1.54) is 11.3 Å². The normalized spacial score (nSPS) is 12.7. The molecule has 4 rings (SSSR count). The van der Waals surface area contributed by atoms with Crippen molar-refractivity contribution in [1.82, 2.24) is 10.3 Å². The summed E-state index contributed by atoms with van der Waals surface area (Å²) in [6, 6.07) is 15.4. The van der Waals surface area contributed by atoms with Crippen LogP contribution in [0.4, 0.5) is 0 Å². The minimum absolute atomic E-state index is 0.0953. The molecule has 26 heavy (non-hydrogen) atoms. The maximum Gasteiger partial charge on any atom is 0.261 e. The SMILES string of the molecule is Cc1cccc(CNC(=O)c2ccc(-c3ccc4c(c3)OCCO4)s2)n1. The van der Waals surface area contributed by atoms with E-state index < -0.39 is 0 Å². The molecule has 0 fully saturated rings. The third-order valence-corrected chi connectivity index (χ3v) is 5.17. The van der Waals surface area contributed by atoms with Gasteiger partial charge in [0.05, 0.1) is 17.1 Å². The highest BCUT2D eigenvalue weighted by molar-refractivity contribution is 7.17. The van der Waals surface area contributed by atoms with E-state index in [9.17, 15) is 4.79 Å². The summed E-state index contributed by atoms with van der Waals surface area (Å²) >= 11 is 1.45. The fraction of sp³-hybridized carbons (Fsp3) is 0.200. The van der Waals surface area contributed by atoms with Crippen LogP contribution < -0.4 is 14.8 Å². The zero-order valence-electron chi connectivity index (χ0n) is 14.3. The summed E-state index contributed by atoms with van der Waals surface area (Å²) in [5.41, 5.74) is 2.80. The molecule has 0 atom stereocenters. The standard InChI is InChI=1S/C20H18N2O3S/c1-13-3-2-4-15(22-13)12-21-20(23)19-8-7-18(26-19)14-5-6-16-17(11-14)25-10-9-24-16/h2-8,11H,9-10,12H2,1H3,(H,21,23). The molecule has 0 aliphatic carbocycles. The zero-order chi connectivity index (χ0) is 17.9. The van der Waals surface area contributed by atoms with Crippen LogP contribution in [0.15, 0.2) is 48.5 Å².